The first-order valence-corrected chi connectivity index (χ1v) is 14.4. The topological polar surface area (TPSA) is 80.3 Å². The predicted molar refractivity (Wildman–Crippen MR) is 151 cm³/mol. The van der Waals surface area contributed by atoms with Crippen LogP contribution in [0.4, 0.5) is 0 Å². The van der Waals surface area contributed by atoms with Crippen LogP contribution in [0.3, 0.4) is 0 Å². The average Bonchev–Trinajstić information content (AvgIpc) is 2.91. The van der Waals surface area contributed by atoms with Gasteiger partial charge in [0.1, 0.15) is 17.1 Å². The molecule has 0 heterocycles. The molecule has 0 fully saturated rings. The largest absolute Gasteiger partial charge is 0.494 e. The second kappa shape index (κ2) is 22.4. The summed E-state index contributed by atoms with van der Waals surface area (Å²) < 4.78 is 27.2. The zero-order valence-electron chi connectivity index (χ0n) is 24.0. The lowest BCUT2D eigenvalue weighted by atomic mass is 10.1. The van der Waals surface area contributed by atoms with Crippen LogP contribution in [0, 0.1) is 0 Å². The van der Waals surface area contributed by atoms with Crippen LogP contribution in [0.2, 0.25) is 0 Å². The van der Waals surface area contributed by atoms with Gasteiger partial charge in [-0.2, -0.15) is 0 Å². The molecular weight excluding hydrogens is 484 g/mol. The van der Waals surface area contributed by atoms with E-state index in [1.54, 1.807) is 26.2 Å². The molecule has 0 saturated carbocycles. The highest BCUT2D eigenvalue weighted by Gasteiger charge is 2.16. The van der Waals surface area contributed by atoms with Crippen molar-refractivity contribution in [2.45, 2.75) is 97.3 Å². The van der Waals surface area contributed by atoms with Crippen LogP contribution in [0.5, 0.6) is 11.5 Å². The molecule has 0 saturated heterocycles. The molecule has 0 amide bonds. The Morgan fingerprint density at radius 3 is 1.79 bits per heavy atom. The van der Waals surface area contributed by atoms with Crippen molar-refractivity contribution in [2.75, 3.05) is 40.1 Å². The Bertz CT molecular complexity index is 790. The van der Waals surface area contributed by atoms with E-state index in [4.69, 9.17) is 23.7 Å². The van der Waals surface area contributed by atoms with E-state index in [2.05, 4.69) is 6.58 Å². The SMILES string of the molecule is C=C(C)C(=O)OCCCCCCCCCCCOC(=O)c1cc(OCC)ccc1OCCCCCCOC. The molecule has 0 aromatic heterocycles. The first-order chi connectivity index (χ1) is 18.5. The highest BCUT2D eigenvalue weighted by molar-refractivity contribution is 5.93. The average molecular weight is 535 g/mol. The monoisotopic (exact) mass is 534 g/mol. The van der Waals surface area contributed by atoms with Gasteiger partial charge >= 0.3 is 11.9 Å². The minimum absolute atomic E-state index is 0.302. The summed E-state index contributed by atoms with van der Waals surface area (Å²) >= 11 is 0. The van der Waals surface area contributed by atoms with E-state index in [9.17, 15) is 9.59 Å². The molecule has 0 spiro atoms. The van der Waals surface area contributed by atoms with Crippen LogP contribution in [0.15, 0.2) is 30.4 Å². The number of ether oxygens (including phenoxy) is 5. The summed E-state index contributed by atoms with van der Waals surface area (Å²) in [4.78, 5) is 24.1. The van der Waals surface area contributed by atoms with Gasteiger partial charge in [-0.3, -0.25) is 0 Å². The summed E-state index contributed by atoms with van der Waals surface area (Å²) in [5.41, 5.74) is 0.870. The van der Waals surface area contributed by atoms with Crippen molar-refractivity contribution in [3.8, 4) is 11.5 Å². The van der Waals surface area contributed by atoms with Crippen molar-refractivity contribution in [3.05, 3.63) is 35.9 Å². The van der Waals surface area contributed by atoms with Crippen LogP contribution in [-0.2, 0) is 19.0 Å². The standard InChI is InChI=1S/C31H50O7/c1-5-35-27-19-20-29(36-22-16-14-13-15-21-34-4)28(25-27)31(33)38-24-18-12-10-8-6-7-9-11-17-23-37-30(32)26(2)3/h19-20,25H,2,5-18,21-24H2,1,3-4H3. The van der Waals surface area contributed by atoms with Crippen molar-refractivity contribution >= 4 is 11.9 Å². The number of rotatable bonds is 24. The van der Waals surface area contributed by atoms with Crippen molar-refractivity contribution < 1.29 is 33.3 Å². The predicted octanol–water partition coefficient (Wildman–Crippen LogP) is 7.46. The normalized spacial score (nSPS) is 10.7. The summed E-state index contributed by atoms with van der Waals surface area (Å²) in [7, 11) is 1.72. The Morgan fingerprint density at radius 1 is 0.711 bits per heavy atom. The first kappa shape index (κ1) is 33.5. The van der Waals surface area contributed by atoms with Crippen molar-refractivity contribution in [3.63, 3.8) is 0 Å². The maximum absolute atomic E-state index is 12.8. The maximum atomic E-state index is 12.8. The number of unbranched alkanes of at least 4 members (excludes halogenated alkanes) is 11. The molecule has 0 atom stereocenters. The molecule has 1 aromatic carbocycles. The van der Waals surface area contributed by atoms with Crippen LogP contribution in [-0.4, -0.2) is 52.1 Å². The van der Waals surface area contributed by atoms with Crippen LogP contribution >= 0.6 is 0 Å². The molecule has 0 unspecified atom stereocenters. The summed E-state index contributed by atoms with van der Waals surface area (Å²) in [5.74, 6) is 0.516. The highest BCUT2D eigenvalue weighted by atomic mass is 16.5. The molecule has 7 nitrogen and oxygen atoms in total. The van der Waals surface area contributed by atoms with E-state index < -0.39 is 0 Å². The molecule has 0 radical (unpaired) electrons. The lowest BCUT2D eigenvalue weighted by molar-refractivity contribution is -0.139. The minimum Gasteiger partial charge on any atom is -0.494 e. The molecule has 216 valence electrons. The lowest BCUT2D eigenvalue weighted by Gasteiger charge is -2.13. The third-order valence-electron chi connectivity index (χ3n) is 6.09. The summed E-state index contributed by atoms with van der Waals surface area (Å²) in [5, 5.41) is 0. The van der Waals surface area contributed by atoms with E-state index in [-0.39, 0.29) is 11.9 Å². The van der Waals surface area contributed by atoms with Crippen molar-refractivity contribution in [1.29, 1.82) is 0 Å². The first-order valence-electron chi connectivity index (χ1n) is 14.4. The number of esters is 2. The fourth-order valence-electron chi connectivity index (χ4n) is 3.91. The van der Waals surface area contributed by atoms with E-state index in [1.165, 1.54) is 19.3 Å². The number of methoxy groups -OCH3 is 1. The summed E-state index contributed by atoms with van der Waals surface area (Å²) in [6.07, 6.45) is 13.9. The lowest BCUT2D eigenvalue weighted by Crippen LogP contribution is -2.10. The number of carbonyl (C=O) groups excluding carboxylic acids is 2. The van der Waals surface area contributed by atoms with Crippen LogP contribution < -0.4 is 9.47 Å². The Kier molecular flexibility index (Phi) is 19.8. The van der Waals surface area contributed by atoms with Gasteiger partial charge in [-0.15, -0.1) is 0 Å². The zero-order chi connectivity index (χ0) is 27.8. The number of hydrogen-bond donors (Lipinski definition) is 0. The quantitative estimate of drug-likeness (QED) is 0.0773. The van der Waals surface area contributed by atoms with E-state index in [0.717, 1.165) is 70.8 Å². The number of hydrogen-bond acceptors (Lipinski definition) is 7. The third-order valence-corrected chi connectivity index (χ3v) is 6.09. The molecule has 7 heteroatoms. The van der Waals surface area contributed by atoms with Gasteiger partial charge in [0.15, 0.2) is 0 Å². The van der Waals surface area contributed by atoms with E-state index in [1.807, 2.05) is 13.0 Å². The zero-order valence-corrected chi connectivity index (χ0v) is 24.0. The van der Waals surface area contributed by atoms with Gasteiger partial charge in [-0.1, -0.05) is 57.9 Å². The molecule has 0 bridgehead atoms. The number of benzene rings is 1. The van der Waals surface area contributed by atoms with E-state index >= 15 is 0 Å². The second-order valence-electron chi connectivity index (χ2n) is 9.58. The molecular formula is C31H50O7. The summed E-state index contributed by atoms with van der Waals surface area (Å²) in [6, 6.07) is 5.33. The number of carbonyl (C=O) groups is 2. The fraction of sp³-hybridized carbons (Fsp3) is 0.677. The van der Waals surface area contributed by atoms with Crippen molar-refractivity contribution in [2.24, 2.45) is 0 Å². The second-order valence-corrected chi connectivity index (χ2v) is 9.58. The molecule has 0 aliphatic heterocycles. The van der Waals surface area contributed by atoms with Gasteiger partial charge in [-0.25, -0.2) is 9.59 Å². The van der Waals surface area contributed by atoms with Gasteiger partial charge < -0.3 is 23.7 Å². The Hall–Kier alpha value is -2.54. The van der Waals surface area contributed by atoms with Crippen molar-refractivity contribution in [1.82, 2.24) is 0 Å². The van der Waals surface area contributed by atoms with Gasteiger partial charge in [-0.05, 0) is 64.2 Å². The Labute approximate surface area is 230 Å². The molecule has 1 rings (SSSR count). The molecule has 0 N–H and O–H groups in total. The van der Waals surface area contributed by atoms with Gasteiger partial charge in [0.05, 0.1) is 26.4 Å². The fourth-order valence-corrected chi connectivity index (χ4v) is 3.91. The van der Waals surface area contributed by atoms with Crippen LogP contribution in [0.25, 0.3) is 0 Å². The molecule has 1 aromatic rings. The van der Waals surface area contributed by atoms with Crippen LogP contribution in [0.1, 0.15) is 108 Å². The molecule has 0 aliphatic rings. The minimum atomic E-state index is -0.365. The van der Waals surface area contributed by atoms with Gasteiger partial charge in [0, 0.05) is 19.3 Å². The summed E-state index contributed by atoms with van der Waals surface area (Å²) in [6.45, 7) is 9.90. The Balaban J connectivity index is 2.21. The molecule has 38 heavy (non-hydrogen) atoms. The van der Waals surface area contributed by atoms with Gasteiger partial charge in [0.2, 0.25) is 0 Å². The molecule has 0 aliphatic carbocycles. The Morgan fingerprint density at radius 2 is 1.24 bits per heavy atom. The maximum Gasteiger partial charge on any atom is 0.342 e. The highest BCUT2D eigenvalue weighted by Crippen LogP contribution is 2.26. The van der Waals surface area contributed by atoms with Gasteiger partial charge in [0.25, 0.3) is 0 Å². The smallest absolute Gasteiger partial charge is 0.342 e. The third kappa shape index (κ3) is 16.3. The van der Waals surface area contributed by atoms with E-state index in [0.29, 0.717) is 49.1 Å².